The number of carbonyl (C=O) groups excluding carboxylic acids is 1. The highest BCUT2D eigenvalue weighted by molar-refractivity contribution is 6.13. The van der Waals surface area contributed by atoms with E-state index < -0.39 is 0 Å². The summed E-state index contributed by atoms with van der Waals surface area (Å²) in [5, 5.41) is 0. The zero-order valence-electron chi connectivity index (χ0n) is 15.8. The van der Waals surface area contributed by atoms with Crippen LogP contribution in [0.3, 0.4) is 0 Å². The Morgan fingerprint density at radius 1 is 0.929 bits per heavy atom. The molecule has 0 radical (unpaired) electrons. The van der Waals surface area contributed by atoms with E-state index in [1.165, 1.54) is 0 Å². The molecule has 0 aliphatic rings. The molecule has 0 saturated carbocycles. The zero-order chi connectivity index (χ0) is 19.5. The van der Waals surface area contributed by atoms with Crippen molar-refractivity contribution in [3.8, 4) is 11.5 Å². The molecule has 4 rings (SSSR count). The van der Waals surface area contributed by atoms with E-state index in [9.17, 15) is 4.79 Å². The summed E-state index contributed by atoms with van der Waals surface area (Å²) in [6.07, 6.45) is 2.77. The molecule has 4 aromatic rings. The first-order valence-electron chi connectivity index (χ1n) is 9.05. The van der Waals surface area contributed by atoms with Crippen LogP contribution >= 0.6 is 0 Å². The minimum Gasteiger partial charge on any atom is -0.436 e. The number of fused-ring (bicyclic) bond motifs is 1. The normalized spacial score (nSPS) is 11.6. The molecule has 0 N–H and O–H groups in total. The molecular formula is C24H20N2O2. The fourth-order valence-corrected chi connectivity index (χ4v) is 3.03. The summed E-state index contributed by atoms with van der Waals surface area (Å²) < 4.78 is 5.81. The summed E-state index contributed by atoms with van der Waals surface area (Å²) in [6, 6.07) is 23.5. The first-order valence-corrected chi connectivity index (χ1v) is 9.05. The van der Waals surface area contributed by atoms with Gasteiger partial charge in [-0.3, -0.25) is 4.79 Å². The summed E-state index contributed by atoms with van der Waals surface area (Å²) in [5.41, 5.74) is 6.08. The Morgan fingerprint density at radius 3 is 2.29 bits per heavy atom. The number of aromatic nitrogens is 1. The summed E-state index contributed by atoms with van der Waals surface area (Å²) in [6.45, 7) is 0. The van der Waals surface area contributed by atoms with Crippen molar-refractivity contribution in [1.29, 1.82) is 0 Å². The van der Waals surface area contributed by atoms with E-state index >= 15 is 0 Å². The van der Waals surface area contributed by atoms with Crippen molar-refractivity contribution in [1.82, 2.24) is 4.98 Å². The smallest absolute Gasteiger partial charge is 0.227 e. The molecule has 3 aromatic carbocycles. The molecule has 0 unspecified atom stereocenters. The van der Waals surface area contributed by atoms with E-state index in [2.05, 4.69) is 4.98 Å². The lowest BCUT2D eigenvalue weighted by Gasteiger charge is -2.12. The van der Waals surface area contributed by atoms with Crippen LogP contribution in [0.1, 0.15) is 11.1 Å². The number of hydrogen-bond donors (Lipinski definition) is 0. The summed E-state index contributed by atoms with van der Waals surface area (Å²) in [5.74, 6) is 0.589. The highest BCUT2D eigenvalue weighted by atomic mass is 16.3. The van der Waals surface area contributed by atoms with Gasteiger partial charge in [0.2, 0.25) is 5.89 Å². The molecular weight excluding hydrogens is 348 g/mol. The fraction of sp³-hybridized carbons (Fsp3) is 0.0833. The van der Waals surface area contributed by atoms with E-state index in [4.69, 9.17) is 4.42 Å². The summed E-state index contributed by atoms with van der Waals surface area (Å²) in [7, 11) is 3.98. The molecule has 4 nitrogen and oxygen atoms in total. The van der Waals surface area contributed by atoms with Gasteiger partial charge in [0.25, 0.3) is 0 Å². The van der Waals surface area contributed by atoms with Crippen molar-refractivity contribution in [2.75, 3.05) is 19.0 Å². The van der Waals surface area contributed by atoms with Gasteiger partial charge in [-0.25, -0.2) is 4.98 Å². The zero-order valence-corrected chi connectivity index (χ0v) is 15.8. The molecule has 0 spiro atoms. The third-order valence-electron chi connectivity index (χ3n) is 4.62. The number of nitrogens with zero attached hydrogens (tertiary/aromatic N) is 2. The van der Waals surface area contributed by atoms with Crippen LogP contribution in [-0.4, -0.2) is 25.4 Å². The number of benzene rings is 3. The van der Waals surface area contributed by atoms with E-state index in [1.54, 1.807) is 0 Å². The molecule has 138 valence electrons. The maximum absolute atomic E-state index is 11.6. The number of aldehydes is 1. The lowest BCUT2D eigenvalue weighted by atomic mass is 10.0. The Balaban J connectivity index is 1.60. The van der Waals surface area contributed by atoms with Gasteiger partial charge >= 0.3 is 0 Å². The van der Waals surface area contributed by atoms with Crippen LogP contribution < -0.4 is 4.90 Å². The predicted molar refractivity (Wildman–Crippen MR) is 114 cm³/mol. The van der Waals surface area contributed by atoms with Gasteiger partial charge in [0.1, 0.15) is 5.52 Å². The number of hydrogen-bond acceptors (Lipinski definition) is 4. The SMILES string of the molecule is CN(C)c1ccc(/C(C=O)=C/c2ccc(-c3nc4ccccc4o3)cc2)cc1. The first-order chi connectivity index (χ1) is 13.6. The lowest BCUT2D eigenvalue weighted by molar-refractivity contribution is -0.103. The molecule has 0 bridgehead atoms. The van der Waals surface area contributed by atoms with E-state index in [0.717, 1.165) is 39.8 Å². The summed E-state index contributed by atoms with van der Waals surface area (Å²) in [4.78, 5) is 18.2. The minimum absolute atomic E-state index is 0.589. The largest absolute Gasteiger partial charge is 0.436 e. The van der Waals surface area contributed by atoms with Crippen molar-refractivity contribution in [2.24, 2.45) is 0 Å². The van der Waals surface area contributed by atoms with Gasteiger partial charge in [0, 0.05) is 30.9 Å². The number of carbonyl (C=O) groups is 1. The minimum atomic E-state index is 0.589. The van der Waals surface area contributed by atoms with Gasteiger partial charge in [-0.15, -0.1) is 0 Å². The van der Waals surface area contributed by atoms with Gasteiger partial charge in [0.05, 0.1) is 0 Å². The molecule has 1 aromatic heterocycles. The van der Waals surface area contributed by atoms with Crippen LogP contribution in [0.4, 0.5) is 5.69 Å². The number of anilines is 1. The van der Waals surface area contributed by atoms with E-state index in [1.807, 2.05) is 97.9 Å². The van der Waals surface area contributed by atoms with Crippen LogP contribution in [0.2, 0.25) is 0 Å². The molecule has 0 saturated heterocycles. The lowest BCUT2D eigenvalue weighted by Crippen LogP contribution is -2.08. The van der Waals surface area contributed by atoms with Crippen LogP contribution in [0.25, 0.3) is 34.2 Å². The quantitative estimate of drug-likeness (QED) is 0.272. The second kappa shape index (κ2) is 7.53. The number of rotatable bonds is 5. The Morgan fingerprint density at radius 2 is 1.64 bits per heavy atom. The topological polar surface area (TPSA) is 46.3 Å². The molecule has 1 heterocycles. The Hall–Kier alpha value is -3.66. The van der Waals surface area contributed by atoms with E-state index in [0.29, 0.717) is 11.5 Å². The molecule has 0 atom stereocenters. The van der Waals surface area contributed by atoms with Crippen LogP contribution in [-0.2, 0) is 4.79 Å². The van der Waals surface area contributed by atoms with Crippen LogP contribution in [0.15, 0.2) is 77.2 Å². The van der Waals surface area contributed by atoms with Crippen LogP contribution in [0.5, 0.6) is 0 Å². The first kappa shape index (κ1) is 17.7. The van der Waals surface area contributed by atoms with Crippen molar-refractivity contribution >= 4 is 34.7 Å². The average molecular weight is 368 g/mol. The molecule has 28 heavy (non-hydrogen) atoms. The van der Waals surface area contributed by atoms with Gasteiger partial charge in [-0.2, -0.15) is 0 Å². The van der Waals surface area contributed by atoms with Crippen molar-refractivity contribution < 1.29 is 9.21 Å². The Bertz CT molecular complexity index is 1100. The van der Waals surface area contributed by atoms with E-state index in [-0.39, 0.29) is 0 Å². The molecule has 0 aliphatic carbocycles. The monoisotopic (exact) mass is 368 g/mol. The average Bonchev–Trinajstić information content (AvgIpc) is 3.17. The highest BCUT2D eigenvalue weighted by Crippen LogP contribution is 2.25. The van der Waals surface area contributed by atoms with Gasteiger partial charge in [-0.1, -0.05) is 36.4 Å². The number of allylic oxidation sites excluding steroid dienone is 1. The number of oxazole rings is 1. The van der Waals surface area contributed by atoms with Crippen LogP contribution in [0, 0.1) is 0 Å². The van der Waals surface area contributed by atoms with Gasteiger partial charge in [-0.05, 0) is 53.6 Å². The Labute approximate surface area is 163 Å². The molecule has 0 aliphatic heterocycles. The second-order valence-electron chi connectivity index (χ2n) is 6.77. The van der Waals surface area contributed by atoms with Gasteiger partial charge < -0.3 is 9.32 Å². The second-order valence-corrected chi connectivity index (χ2v) is 6.77. The van der Waals surface area contributed by atoms with Crippen molar-refractivity contribution in [3.05, 3.63) is 83.9 Å². The molecule has 4 heteroatoms. The van der Waals surface area contributed by atoms with Crippen molar-refractivity contribution in [3.63, 3.8) is 0 Å². The van der Waals surface area contributed by atoms with Crippen molar-refractivity contribution in [2.45, 2.75) is 0 Å². The predicted octanol–water partition coefficient (Wildman–Crippen LogP) is 5.30. The van der Waals surface area contributed by atoms with Gasteiger partial charge in [0.15, 0.2) is 11.9 Å². The number of para-hydroxylation sites is 2. The maximum Gasteiger partial charge on any atom is 0.227 e. The Kier molecular flexibility index (Phi) is 4.77. The summed E-state index contributed by atoms with van der Waals surface area (Å²) >= 11 is 0. The highest BCUT2D eigenvalue weighted by Gasteiger charge is 2.08. The third-order valence-corrected chi connectivity index (χ3v) is 4.62. The third kappa shape index (κ3) is 3.58. The molecule has 0 amide bonds. The maximum atomic E-state index is 11.6. The molecule has 0 fully saturated rings. The standard InChI is InChI=1S/C24H20N2O2/c1-26(2)21-13-11-18(12-14-21)20(16-27)15-17-7-9-19(10-8-17)24-25-22-5-3-4-6-23(22)28-24/h3-16H,1-2H3/b20-15+. The fourth-order valence-electron chi connectivity index (χ4n) is 3.03.